The maximum absolute atomic E-state index is 13.1. The first-order chi connectivity index (χ1) is 12.8. The second kappa shape index (κ2) is 7.90. The Labute approximate surface area is 161 Å². The van der Waals surface area contributed by atoms with Gasteiger partial charge in [0.05, 0.1) is 17.8 Å². The van der Waals surface area contributed by atoms with Gasteiger partial charge in [0, 0.05) is 17.1 Å². The first kappa shape index (κ1) is 19.7. The van der Waals surface area contributed by atoms with E-state index in [9.17, 15) is 18.0 Å². The van der Waals surface area contributed by atoms with Crippen LogP contribution in [0.4, 0.5) is 18.9 Å². The van der Waals surface area contributed by atoms with Crippen molar-refractivity contribution in [2.75, 3.05) is 11.9 Å². The first-order valence-electron chi connectivity index (χ1n) is 8.73. The van der Waals surface area contributed by atoms with Crippen LogP contribution in [-0.2, 0) is 11.0 Å². The highest BCUT2D eigenvalue weighted by molar-refractivity contribution is 6.31. The van der Waals surface area contributed by atoms with Crippen LogP contribution in [0, 0.1) is 0 Å². The van der Waals surface area contributed by atoms with Crippen molar-refractivity contribution < 1.29 is 18.0 Å². The molecule has 7 heteroatoms. The lowest BCUT2D eigenvalue weighted by Gasteiger charge is -2.29. The third kappa shape index (κ3) is 4.82. The summed E-state index contributed by atoms with van der Waals surface area (Å²) in [6.07, 6.45) is -2.60. The van der Waals surface area contributed by atoms with Crippen LogP contribution in [0.15, 0.2) is 48.5 Å². The summed E-state index contributed by atoms with van der Waals surface area (Å²) in [6.45, 7) is 1.96. The highest BCUT2D eigenvalue weighted by atomic mass is 35.5. The van der Waals surface area contributed by atoms with Crippen molar-refractivity contribution in [1.29, 1.82) is 0 Å². The summed E-state index contributed by atoms with van der Waals surface area (Å²) < 4.78 is 39.4. The van der Waals surface area contributed by atoms with Gasteiger partial charge >= 0.3 is 6.18 Å². The molecule has 1 unspecified atom stereocenters. The Morgan fingerprint density at radius 3 is 2.44 bits per heavy atom. The van der Waals surface area contributed by atoms with Gasteiger partial charge in [0.2, 0.25) is 5.91 Å². The molecule has 0 aliphatic heterocycles. The lowest BCUT2D eigenvalue weighted by Crippen LogP contribution is -2.37. The SMILES string of the molecule is CC(c1ccccc1Cl)N(CC(=O)Nc1ccccc1C(F)(F)F)C1CC1. The molecule has 0 bridgehead atoms. The van der Waals surface area contributed by atoms with Gasteiger partial charge < -0.3 is 5.32 Å². The Kier molecular flexibility index (Phi) is 5.77. The van der Waals surface area contributed by atoms with Crippen molar-refractivity contribution >= 4 is 23.2 Å². The topological polar surface area (TPSA) is 32.3 Å². The summed E-state index contributed by atoms with van der Waals surface area (Å²) in [6, 6.07) is 12.5. The molecule has 0 aromatic heterocycles. The van der Waals surface area contributed by atoms with Crippen LogP contribution in [0.5, 0.6) is 0 Å². The minimum Gasteiger partial charge on any atom is -0.324 e. The highest BCUT2D eigenvalue weighted by Gasteiger charge is 2.36. The number of rotatable bonds is 6. The predicted octanol–water partition coefficient (Wildman–Crippen LogP) is 5.52. The molecule has 0 spiro atoms. The number of hydrogen-bond donors (Lipinski definition) is 1. The molecule has 0 saturated heterocycles. The van der Waals surface area contributed by atoms with Crippen molar-refractivity contribution in [2.45, 2.75) is 38.0 Å². The molecule has 1 amide bonds. The van der Waals surface area contributed by atoms with Crippen molar-refractivity contribution in [3.63, 3.8) is 0 Å². The Morgan fingerprint density at radius 1 is 1.19 bits per heavy atom. The second-order valence-corrected chi connectivity index (χ2v) is 7.10. The number of nitrogens with one attached hydrogen (secondary N) is 1. The fourth-order valence-electron chi connectivity index (χ4n) is 3.18. The van der Waals surface area contributed by atoms with Crippen LogP contribution >= 0.6 is 11.6 Å². The van der Waals surface area contributed by atoms with Crippen LogP contribution in [0.25, 0.3) is 0 Å². The second-order valence-electron chi connectivity index (χ2n) is 6.69. The third-order valence-corrected chi connectivity index (χ3v) is 5.05. The number of carbonyl (C=O) groups is 1. The maximum Gasteiger partial charge on any atom is 0.418 e. The van der Waals surface area contributed by atoms with Gasteiger partial charge in [-0.2, -0.15) is 13.2 Å². The van der Waals surface area contributed by atoms with Crippen molar-refractivity contribution in [3.05, 3.63) is 64.7 Å². The largest absolute Gasteiger partial charge is 0.418 e. The van der Waals surface area contributed by atoms with E-state index in [0.29, 0.717) is 5.02 Å². The molecule has 3 nitrogen and oxygen atoms in total. The van der Waals surface area contributed by atoms with Gasteiger partial charge in [0.1, 0.15) is 0 Å². The third-order valence-electron chi connectivity index (χ3n) is 4.70. The fourth-order valence-corrected chi connectivity index (χ4v) is 3.47. The quantitative estimate of drug-likeness (QED) is 0.697. The average Bonchev–Trinajstić information content (AvgIpc) is 3.44. The summed E-state index contributed by atoms with van der Waals surface area (Å²) in [5, 5.41) is 3.03. The van der Waals surface area contributed by atoms with Gasteiger partial charge in [0.15, 0.2) is 0 Å². The number of para-hydroxylation sites is 1. The average molecular weight is 397 g/mol. The van der Waals surface area contributed by atoms with E-state index in [1.54, 1.807) is 6.07 Å². The summed E-state index contributed by atoms with van der Waals surface area (Å²) in [4.78, 5) is 14.5. The van der Waals surface area contributed by atoms with Crippen LogP contribution < -0.4 is 5.32 Å². The number of nitrogens with zero attached hydrogens (tertiary/aromatic N) is 1. The molecule has 1 N–H and O–H groups in total. The molecule has 0 heterocycles. The molecule has 1 aliphatic carbocycles. The Balaban J connectivity index is 1.75. The highest BCUT2D eigenvalue weighted by Crippen LogP contribution is 2.37. The molecule has 1 atom stereocenters. The van der Waals surface area contributed by atoms with Gasteiger partial charge in [0.25, 0.3) is 0 Å². The van der Waals surface area contributed by atoms with E-state index in [1.165, 1.54) is 18.2 Å². The van der Waals surface area contributed by atoms with E-state index in [0.717, 1.165) is 24.5 Å². The van der Waals surface area contributed by atoms with E-state index in [2.05, 4.69) is 5.32 Å². The molecule has 144 valence electrons. The van der Waals surface area contributed by atoms with Gasteiger partial charge in [-0.1, -0.05) is 41.9 Å². The number of amides is 1. The zero-order chi connectivity index (χ0) is 19.6. The first-order valence-corrected chi connectivity index (χ1v) is 9.11. The minimum absolute atomic E-state index is 0.00322. The van der Waals surface area contributed by atoms with E-state index >= 15 is 0 Å². The Morgan fingerprint density at radius 2 is 1.81 bits per heavy atom. The molecule has 27 heavy (non-hydrogen) atoms. The summed E-state index contributed by atoms with van der Waals surface area (Å²) in [5.74, 6) is -0.475. The van der Waals surface area contributed by atoms with Gasteiger partial charge in [-0.3, -0.25) is 9.69 Å². The molecule has 2 aromatic carbocycles. The molecule has 1 saturated carbocycles. The van der Waals surface area contributed by atoms with Crippen LogP contribution in [0.1, 0.15) is 36.9 Å². The zero-order valence-electron chi connectivity index (χ0n) is 14.8. The molecule has 3 rings (SSSR count). The molecule has 1 aliphatic rings. The number of anilines is 1. The fraction of sp³-hybridized carbons (Fsp3) is 0.350. The summed E-state index contributed by atoms with van der Waals surface area (Å²) >= 11 is 6.27. The molecule has 1 fully saturated rings. The summed E-state index contributed by atoms with van der Waals surface area (Å²) in [7, 11) is 0. The number of alkyl halides is 3. The van der Waals surface area contributed by atoms with Crippen LogP contribution in [0.2, 0.25) is 5.02 Å². The normalized spacial score (nSPS) is 15.6. The van der Waals surface area contributed by atoms with E-state index in [-0.39, 0.29) is 24.3 Å². The van der Waals surface area contributed by atoms with Gasteiger partial charge in [-0.25, -0.2) is 0 Å². The summed E-state index contributed by atoms with van der Waals surface area (Å²) in [5.41, 5.74) is -0.179. The standard InChI is InChI=1S/C20H20ClF3N2O/c1-13(15-6-2-4-8-17(15)21)26(14-10-11-14)12-19(27)25-18-9-5-3-7-16(18)20(22,23)24/h2-9,13-14H,10-12H2,1H3,(H,25,27). The Hall–Kier alpha value is -2.05. The smallest absolute Gasteiger partial charge is 0.324 e. The van der Waals surface area contributed by atoms with E-state index in [1.807, 2.05) is 30.0 Å². The van der Waals surface area contributed by atoms with Gasteiger partial charge in [-0.15, -0.1) is 0 Å². The molecular formula is C20H20ClF3N2O. The lowest BCUT2D eigenvalue weighted by molar-refractivity contribution is -0.137. The Bertz CT molecular complexity index is 821. The minimum atomic E-state index is -4.52. The van der Waals surface area contributed by atoms with Crippen molar-refractivity contribution in [3.8, 4) is 0 Å². The molecule has 0 radical (unpaired) electrons. The van der Waals surface area contributed by atoms with Crippen LogP contribution in [-0.4, -0.2) is 23.4 Å². The van der Waals surface area contributed by atoms with E-state index < -0.39 is 17.6 Å². The number of hydrogen-bond acceptors (Lipinski definition) is 2. The van der Waals surface area contributed by atoms with Gasteiger partial charge in [-0.05, 0) is 43.5 Å². The molecule has 2 aromatic rings. The number of carbonyl (C=O) groups excluding carboxylic acids is 1. The van der Waals surface area contributed by atoms with Crippen molar-refractivity contribution in [1.82, 2.24) is 4.90 Å². The predicted molar refractivity (Wildman–Crippen MR) is 99.7 cm³/mol. The van der Waals surface area contributed by atoms with Crippen LogP contribution in [0.3, 0.4) is 0 Å². The zero-order valence-corrected chi connectivity index (χ0v) is 15.5. The molecular weight excluding hydrogens is 377 g/mol. The van der Waals surface area contributed by atoms with E-state index in [4.69, 9.17) is 11.6 Å². The monoisotopic (exact) mass is 396 g/mol. The number of benzene rings is 2. The lowest BCUT2D eigenvalue weighted by atomic mass is 10.1. The van der Waals surface area contributed by atoms with Crippen molar-refractivity contribution in [2.24, 2.45) is 0 Å². The maximum atomic E-state index is 13.1. The number of halogens is 4.